The molecule has 0 bridgehead atoms. The summed E-state index contributed by atoms with van der Waals surface area (Å²) in [6.07, 6.45) is 3.15. The van der Waals surface area contributed by atoms with Gasteiger partial charge in [-0.2, -0.15) is 4.31 Å². The molecule has 10 nitrogen and oxygen atoms in total. The van der Waals surface area contributed by atoms with E-state index in [9.17, 15) is 28.1 Å². The van der Waals surface area contributed by atoms with Crippen molar-refractivity contribution < 1.29 is 32.4 Å². The summed E-state index contributed by atoms with van der Waals surface area (Å²) in [6.45, 7) is 7.07. The largest absolute Gasteiger partial charge is 0.468 e. The van der Waals surface area contributed by atoms with E-state index in [1.165, 1.54) is 30.4 Å². The van der Waals surface area contributed by atoms with Crippen LogP contribution in [0, 0.1) is 15.5 Å². The van der Waals surface area contributed by atoms with E-state index in [4.69, 9.17) is 9.47 Å². The lowest BCUT2D eigenvalue weighted by Crippen LogP contribution is -2.42. The zero-order valence-corrected chi connectivity index (χ0v) is 19.0. The van der Waals surface area contributed by atoms with Crippen LogP contribution in [0.1, 0.15) is 25.7 Å². The number of allylic oxidation sites excluding steroid dienone is 1. The van der Waals surface area contributed by atoms with Crippen LogP contribution in [0.25, 0.3) is 0 Å². The van der Waals surface area contributed by atoms with Crippen LogP contribution in [0.5, 0.6) is 0 Å². The summed E-state index contributed by atoms with van der Waals surface area (Å²) < 4.78 is 37.1. The Balaban J connectivity index is 3.26. The molecule has 0 fully saturated rings. The normalized spacial score (nSPS) is 11.6. The van der Waals surface area contributed by atoms with E-state index in [2.05, 4.69) is 13.2 Å². The molecule has 0 saturated heterocycles. The van der Waals surface area contributed by atoms with Crippen molar-refractivity contribution in [3.05, 3.63) is 59.7 Å². The van der Waals surface area contributed by atoms with Gasteiger partial charge in [0.15, 0.2) is 10.3 Å². The van der Waals surface area contributed by atoms with Crippen molar-refractivity contribution in [1.82, 2.24) is 4.31 Å². The molecule has 176 valence electrons. The molecule has 0 spiro atoms. The number of para-hydroxylation sites is 1. The van der Waals surface area contributed by atoms with Gasteiger partial charge >= 0.3 is 11.9 Å². The SMILES string of the molecule is C=CCCN(CCCC(CC=C)(C(=O)OC)C(=O)OC)S(=O)(=O)c1ccccc1[N+](=O)[O-]. The molecule has 1 rings (SSSR count). The number of carbonyl (C=O) groups is 2. The number of nitrogens with zero attached hydrogens (tertiary/aromatic N) is 2. The lowest BCUT2D eigenvalue weighted by atomic mass is 9.80. The Labute approximate surface area is 187 Å². The maximum Gasteiger partial charge on any atom is 0.323 e. The summed E-state index contributed by atoms with van der Waals surface area (Å²) in [4.78, 5) is 35.0. The Morgan fingerprint density at radius 2 is 1.72 bits per heavy atom. The quantitative estimate of drug-likeness (QED) is 0.134. The van der Waals surface area contributed by atoms with Gasteiger partial charge < -0.3 is 9.47 Å². The van der Waals surface area contributed by atoms with E-state index >= 15 is 0 Å². The van der Waals surface area contributed by atoms with Gasteiger partial charge in [-0.1, -0.05) is 24.3 Å². The number of nitro benzene ring substituents is 1. The van der Waals surface area contributed by atoms with Gasteiger partial charge in [0.1, 0.15) is 0 Å². The molecule has 0 amide bonds. The fourth-order valence-corrected chi connectivity index (χ4v) is 4.95. The fourth-order valence-electron chi connectivity index (χ4n) is 3.30. The first-order valence-electron chi connectivity index (χ1n) is 9.74. The van der Waals surface area contributed by atoms with Crippen molar-refractivity contribution >= 4 is 27.6 Å². The fraction of sp³-hybridized carbons (Fsp3) is 0.429. The topological polar surface area (TPSA) is 133 Å². The highest BCUT2D eigenvalue weighted by Gasteiger charge is 2.47. The van der Waals surface area contributed by atoms with Gasteiger partial charge in [0.05, 0.1) is 19.1 Å². The molecule has 1 aromatic rings. The average Bonchev–Trinajstić information content (AvgIpc) is 2.79. The van der Waals surface area contributed by atoms with Crippen molar-refractivity contribution in [2.24, 2.45) is 5.41 Å². The number of methoxy groups -OCH3 is 2. The van der Waals surface area contributed by atoms with Gasteiger partial charge in [-0.05, 0) is 31.7 Å². The average molecular weight is 469 g/mol. The Morgan fingerprint density at radius 1 is 1.12 bits per heavy atom. The minimum atomic E-state index is -4.24. The van der Waals surface area contributed by atoms with Crippen molar-refractivity contribution in [2.45, 2.75) is 30.6 Å². The smallest absolute Gasteiger partial charge is 0.323 e. The molecule has 0 radical (unpaired) electrons. The molecular formula is C21H28N2O8S. The van der Waals surface area contributed by atoms with Crippen LogP contribution in [-0.4, -0.2) is 56.9 Å². The number of hydrogen-bond acceptors (Lipinski definition) is 8. The molecule has 0 saturated carbocycles. The molecule has 0 unspecified atom stereocenters. The minimum absolute atomic E-state index is 0.0167. The van der Waals surface area contributed by atoms with E-state index in [0.717, 1.165) is 24.6 Å². The third kappa shape index (κ3) is 6.01. The summed E-state index contributed by atoms with van der Waals surface area (Å²) in [7, 11) is -1.96. The standard InChI is InChI=1S/C21H28N2O8S/c1-5-7-15-22(32(28,29)18-12-9-8-11-17(18)23(26)27)16-10-14-21(13-6-2,19(24)30-3)20(25)31-4/h5-6,8-9,11-12H,1-2,7,10,13-16H2,3-4H3. The third-order valence-electron chi connectivity index (χ3n) is 4.92. The lowest BCUT2D eigenvalue weighted by molar-refractivity contribution is -0.387. The number of esters is 2. The van der Waals surface area contributed by atoms with Crippen molar-refractivity contribution in [2.75, 3.05) is 27.3 Å². The predicted molar refractivity (Wildman–Crippen MR) is 117 cm³/mol. The molecule has 0 aliphatic carbocycles. The Hall–Kier alpha value is -3.05. The molecule has 32 heavy (non-hydrogen) atoms. The zero-order chi connectivity index (χ0) is 24.4. The number of hydrogen-bond donors (Lipinski definition) is 0. The lowest BCUT2D eigenvalue weighted by Gasteiger charge is -2.28. The number of ether oxygens (including phenoxy) is 2. The highest BCUT2D eigenvalue weighted by Crippen LogP contribution is 2.33. The van der Waals surface area contributed by atoms with Crippen LogP contribution in [0.4, 0.5) is 5.69 Å². The second-order valence-electron chi connectivity index (χ2n) is 6.87. The molecule has 0 N–H and O–H groups in total. The van der Waals surface area contributed by atoms with Crippen LogP contribution in [0.2, 0.25) is 0 Å². The minimum Gasteiger partial charge on any atom is -0.468 e. The number of sulfonamides is 1. The molecule has 0 heterocycles. The van der Waals surface area contributed by atoms with E-state index in [1.54, 1.807) is 0 Å². The number of rotatable bonds is 14. The second-order valence-corrected chi connectivity index (χ2v) is 8.77. The maximum absolute atomic E-state index is 13.2. The molecule has 0 atom stereocenters. The molecule has 1 aromatic carbocycles. The first kappa shape index (κ1) is 27.0. The van der Waals surface area contributed by atoms with E-state index in [-0.39, 0.29) is 32.4 Å². The maximum atomic E-state index is 13.2. The van der Waals surface area contributed by atoms with Gasteiger partial charge in [-0.25, -0.2) is 8.42 Å². The highest BCUT2D eigenvalue weighted by molar-refractivity contribution is 7.89. The number of carbonyl (C=O) groups excluding carboxylic acids is 2. The van der Waals surface area contributed by atoms with Crippen molar-refractivity contribution in [3.63, 3.8) is 0 Å². The van der Waals surface area contributed by atoms with Crippen molar-refractivity contribution in [3.8, 4) is 0 Å². The summed E-state index contributed by atoms with van der Waals surface area (Å²) in [6, 6.07) is 5.05. The van der Waals surface area contributed by atoms with Gasteiger partial charge in [0.25, 0.3) is 5.69 Å². The Morgan fingerprint density at radius 3 is 2.22 bits per heavy atom. The number of benzene rings is 1. The van der Waals surface area contributed by atoms with Crippen LogP contribution in [-0.2, 0) is 29.1 Å². The summed E-state index contributed by atoms with van der Waals surface area (Å²) >= 11 is 0. The van der Waals surface area contributed by atoms with Crippen LogP contribution in [0.3, 0.4) is 0 Å². The highest BCUT2D eigenvalue weighted by atomic mass is 32.2. The van der Waals surface area contributed by atoms with E-state index in [1.807, 2.05) is 0 Å². The molecule has 0 aliphatic rings. The summed E-state index contributed by atoms with van der Waals surface area (Å²) in [5.41, 5.74) is -2.21. The number of nitro groups is 1. The zero-order valence-electron chi connectivity index (χ0n) is 18.2. The van der Waals surface area contributed by atoms with Gasteiger partial charge in [-0.15, -0.1) is 13.2 Å². The Kier molecular flexibility index (Phi) is 10.2. The molecule has 11 heteroatoms. The van der Waals surface area contributed by atoms with Crippen LogP contribution in [0.15, 0.2) is 54.5 Å². The first-order valence-corrected chi connectivity index (χ1v) is 11.2. The summed E-state index contributed by atoms with van der Waals surface area (Å²) in [5, 5.41) is 11.3. The first-order chi connectivity index (χ1) is 15.1. The van der Waals surface area contributed by atoms with E-state index in [0.29, 0.717) is 6.42 Å². The van der Waals surface area contributed by atoms with Crippen LogP contribution < -0.4 is 0 Å². The van der Waals surface area contributed by atoms with Crippen LogP contribution >= 0.6 is 0 Å². The Bertz CT molecular complexity index is 942. The molecule has 0 aromatic heterocycles. The summed E-state index contributed by atoms with van der Waals surface area (Å²) in [5.74, 6) is -1.63. The van der Waals surface area contributed by atoms with Crippen molar-refractivity contribution in [1.29, 1.82) is 0 Å². The van der Waals surface area contributed by atoms with Gasteiger partial charge in [0.2, 0.25) is 10.0 Å². The van der Waals surface area contributed by atoms with Gasteiger partial charge in [-0.3, -0.25) is 19.7 Å². The molecular weight excluding hydrogens is 440 g/mol. The predicted octanol–water partition coefficient (Wildman–Crippen LogP) is 2.85. The third-order valence-corrected chi connectivity index (χ3v) is 6.86. The van der Waals surface area contributed by atoms with Gasteiger partial charge in [0, 0.05) is 19.2 Å². The van der Waals surface area contributed by atoms with E-state index < -0.39 is 42.9 Å². The molecule has 0 aliphatic heterocycles. The monoisotopic (exact) mass is 468 g/mol. The second kappa shape index (κ2) is 12.1.